The molecule has 0 aliphatic carbocycles. The summed E-state index contributed by atoms with van der Waals surface area (Å²) in [6.45, 7) is 6.46. The molecule has 0 saturated heterocycles. The lowest BCUT2D eigenvalue weighted by Gasteiger charge is -2.14. The number of benzene rings is 1. The highest BCUT2D eigenvalue weighted by molar-refractivity contribution is 5.87. The van der Waals surface area contributed by atoms with Crippen LogP contribution in [0.2, 0.25) is 0 Å². The number of hydrogen-bond acceptors (Lipinski definition) is 5. The third-order valence-corrected chi connectivity index (χ3v) is 4.04. The SMILES string of the molecule is CCC1=NOC(COc2cc(C)cc3oc(=O)cc(CC)c23)C1. The highest BCUT2D eigenvalue weighted by Gasteiger charge is 2.21. The summed E-state index contributed by atoms with van der Waals surface area (Å²) in [4.78, 5) is 17.1. The van der Waals surface area contributed by atoms with E-state index in [9.17, 15) is 4.79 Å². The monoisotopic (exact) mass is 315 g/mol. The van der Waals surface area contributed by atoms with Gasteiger partial charge in [-0.2, -0.15) is 0 Å². The molecule has 0 fully saturated rings. The molecule has 122 valence electrons. The van der Waals surface area contributed by atoms with Crippen LogP contribution in [-0.4, -0.2) is 18.4 Å². The van der Waals surface area contributed by atoms with E-state index in [-0.39, 0.29) is 11.7 Å². The molecular weight excluding hydrogens is 294 g/mol. The summed E-state index contributed by atoms with van der Waals surface area (Å²) in [5.74, 6) is 0.731. The third kappa shape index (κ3) is 3.23. The molecule has 0 amide bonds. The van der Waals surface area contributed by atoms with E-state index < -0.39 is 0 Å². The van der Waals surface area contributed by atoms with Crippen LogP contribution in [0.4, 0.5) is 0 Å². The lowest BCUT2D eigenvalue weighted by molar-refractivity contribution is 0.0475. The van der Waals surface area contributed by atoms with Gasteiger partial charge in [0, 0.05) is 12.5 Å². The van der Waals surface area contributed by atoms with Crippen molar-refractivity contribution >= 4 is 16.7 Å². The van der Waals surface area contributed by atoms with Crippen molar-refractivity contribution in [1.29, 1.82) is 0 Å². The third-order valence-electron chi connectivity index (χ3n) is 4.04. The number of fused-ring (bicyclic) bond motifs is 1. The van der Waals surface area contributed by atoms with Crippen LogP contribution in [0, 0.1) is 6.92 Å². The van der Waals surface area contributed by atoms with Crippen molar-refractivity contribution in [3.05, 3.63) is 39.7 Å². The Bertz CT molecular complexity index is 807. The normalized spacial score (nSPS) is 17.2. The van der Waals surface area contributed by atoms with Crippen LogP contribution in [0.5, 0.6) is 5.75 Å². The first kappa shape index (κ1) is 15.6. The Kier molecular flexibility index (Phi) is 4.37. The topological polar surface area (TPSA) is 61.0 Å². The van der Waals surface area contributed by atoms with Crippen LogP contribution in [0.25, 0.3) is 11.0 Å². The molecule has 3 rings (SSSR count). The summed E-state index contributed by atoms with van der Waals surface area (Å²) < 4.78 is 11.3. The zero-order valence-electron chi connectivity index (χ0n) is 13.7. The average Bonchev–Trinajstić information content (AvgIpc) is 2.99. The summed E-state index contributed by atoms with van der Waals surface area (Å²) >= 11 is 0. The maximum absolute atomic E-state index is 11.7. The molecule has 1 aromatic heterocycles. The van der Waals surface area contributed by atoms with Gasteiger partial charge in [-0.1, -0.05) is 19.0 Å². The van der Waals surface area contributed by atoms with E-state index in [1.54, 1.807) is 0 Å². The minimum atomic E-state index is -0.328. The van der Waals surface area contributed by atoms with E-state index in [2.05, 4.69) is 12.1 Å². The zero-order chi connectivity index (χ0) is 16.4. The Morgan fingerprint density at radius 3 is 2.78 bits per heavy atom. The van der Waals surface area contributed by atoms with Gasteiger partial charge in [0.2, 0.25) is 0 Å². The van der Waals surface area contributed by atoms with E-state index >= 15 is 0 Å². The summed E-state index contributed by atoms with van der Waals surface area (Å²) in [5, 5.41) is 4.92. The number of aryl methyl sites for hydroxylation is 2. The summed E-state index contributed by atoms with van der Waals surface area (Å²) in [5.41, 5.74) is 3.23. The predicted molar refractivity (Wildman–Crippen MR) is 89.3 cm³/mol. The predicted octanol–water partition coefficient (Wildman–Crippen LogP) is 3.60. The molecule has 0 saturated carbocycles. The molecule has 1 unspecified atom stereocenters. The maximum Gasteiger partial charge on any atom is 0.336 e. The Morgan fingerprint density at radius 1 is 1.26 bits per heavy atom. The van der Waals surface area contributed by atoms with Gasteiger partial charge < -0.3 is 14.0 Å². The molecule has 0 spiro atoms. The highest BCUT2D eigenvalue weighted by Crippen LogP contribution is 2.30. The quantitative estimate of drug-likeness (QED) is 0.791. The molecule has 23 heavy (non-hydrogen) atoms. The Hall–Kier alpha value is -2.30. The van der Waals surface area contributed by atoms with Crippen LogP contribution < -0.4 is 10.4 Å². The second-order valence-corrected chi connectivity index (χ2v) is 5.83. The first-order valence-corrected chi connectivity index (χ1v) is 8.02. The average molecular weight is 315 g/mol. The van der Waals surface area contributed by atoms with E-state index in [4.69, 9.17) is 14.0 Å². The summed E-state index contributed by atoms with van der Waals surface area (Å²) in [6, 6.07) is 5.38. The van der Waals surface area contributed by atoms with Crippen molar-refractivity contribution in [1.82, 2.24) is 0 Å². The fraction of sp³-hybridized carbons (Fsp3) is 0.444. The smallest absolute Gasteiger partial charge is 0.336 e. The number of rotatable bonds is 5. The largest absolute Gasteiger partial charge is 0.489 e. The molecule has 5 nitrogen and oxygen atoms in total. The lowest BCUT2D eigenvalue weighted by atomic mass is 10.0. The lowest BCUT2D eigenvalue weighted by Crippen LogP contribution is -2.18. The molecule has 1 aliphatic rings. The van der Waals surface area contributed by atoms with Gasteiger partial charge in [0.15, 0.2) is 6.10 Å². The van der Waals surface area contributed by atoms with Crippen molar-refractivity contribution in [3.8, 4) is 5.75 Å². The maximum atomic E-state index is 11.7. The van der Waals surface area contributed by atoms with Crippen LogP contribution in [0.1, 0.15) is 37.8 Å². The summed E-state index contributed by atoms with van der Waals surface area (Å²) in [6.07, 6.45) is 2.39. The van der Waals surface area contributed by atoms with Crippen molar-refractivity contribution in [2.45, 2.75) is 46.1 Å². The number of hydrogen-bond donors (Lipinski definition) is 0. The van der Waals surface area contributed by atoms with Gasteiger partial charge in [-0.05, 0) is 43.0 Å². The van der Waals surface area contributed by atoms with Gasteiger partial charge in [0.25, 0.3) is 0 Å². The van der Waals surface area contributed by atoms with Crippen LogP contribution in [0.15, 0.2) is 32.6 Å². The summed E-state index contributed by atoms with van der Waals surface area (Å²) in [7, 11) is 0. The molecular formula is C18H21NO4. The Morgan fingerprint density at radius 2 is 2.09 bits per heavy atom. The first-order chi connectivity index (χ1) is 11.1. The van der Waals surface area contributed by atoms with Crippen molar-refractivity contribution in [2.75, 3.05) is 6.61 Å². The van der Waals surface area contributed by atoms with E-state index in [0.29, 0.717) is 12.2 Å². The molecule has 1 aliphatic heterocycles. The number of nitrogens with zero attached hydrogens (tertiary/aromatic N) is 1. The molecule has 1 aromatic carbocycles. The van der Waals surface area contributed by atoms with Gasteiger partial charge in [-0.15, -0.1) is 0 Å². The number of ether oxygens (including phenoxy) is 1. The van der Waals surface area contributed by atoms with Gasteiger partial charge in [-0.25, -0.2) is 4.79 Å². The van der Waals surface area contributed by atoms with Crippen molar-refractivity contribution < 1.29 is 14.0 Å². The van der Waals surface area contributed by atoms with Gasteiger partial charge >= 0.3 is 5.63 Å². The van der Waals surface area contributed by atoms with Gasteiger partial charge in [-0.3, -0.25) is 0 Å². The Balaban J connectivity index is 1.89. The molecule has 2 heterocycles. The van der Waals surface area contributed by atoms with Crippen molar-refractivity contribution in [2.24, 2.45) is 5.16 Å². The van der Waals surface area contributed by atoms with E-state index in [1.807, 2.05) is 26.0 Å². The van der Waals surface area contributed by atoms with E-state index in [0.717, 1.165) is 47.2 Å². The van der Waals surface area contributed by atoms with Gasteiger partial charge in [0.05, 0.1) is 11.1 Å². The standard InChI is InChI=1S/C18H21NO4/c1-4-12-8-17(20)22-16-7-11(3)6-15(18(12)16)21-10-14-9-13(5-2)19-23-14/h6-8,14H,4-5,9-10H2,1-3H3. The van der Waals surface area contributed by atoms with Crippen LogP contribution >= 0.6 is 0 Å². The molecule has 1 atom stereocenters. The molecule has 5 heteroatoms. The van der Waals surface area contributed by atoms with Crippen LogP contribution in [-0.2, 0) is 11.3 Å². The first-order valence-electron chi connectivity index (χ1n) is 8.02. The number of oxime groups is 1. The zero-order valence-corrected chi connectivity index (χ0v) is 13.7. The Labute approximate surface area is 134 Å². The van der Waals surface area contributed by atoms with Crippen LogP contribution in [0.3, 0.4) is 0 Å². The minimum absolute atomic E-state index is 0.0543. The minimum Gasteiger partial charge on any atom is -0.489 e. The van der Waals surface area contributed by atoms with Gasteiger partial charge in [0.1, 0.15) is 17.9 Å². The van der Waals surface area contributed by atoms with E-state index in [1.165, 1.54) is 6.07 Å². The molecule has 0 radical (unpaired) electrons. The second-order valence-electron chi connectivity index (χ2n) is 5.83. The fourth-order valence-corrected chi connectivity index (χ4v) is 2.83. The molecule has 2 aromatic rings. The molecule has 0 bridgehead atoms. The van der Waals surface area contributed by atoms with Crippen molar-refractivity contribution in [3.63, 3.8) is 0 Å². The molecule has 0 N–H and O–H groups in total. The second kappa shape index (κ2) is 6.44. The highest BCUT2D eigenvalue weighted by atomic mass is 16.7. The fourth-order valence-electron chi connectivity index (χ4n) is 2.83.